The summed E-state index contributed by atoms with van der Waals surface area (Å²) >= 11 is 0. The van der Waals surface area contributed by atoms with E-state index in [0.717, 1.165) is 49.0 Å². The molecule has 6 nitrogen and oxygen atoms in total. The van der Waals surface area contributed by atoms with E-state index in [0.29, 0.717) is 23.7 Å². The number of hydrazine groups is 1. The maximum atomic E-state index is 13.3. The third kappa shape index (κ3) is 8.01. The Morgan fingerprint density at radius 3 is 2.10 bits per heavy atom. The lowest BCUT2D eigenvalue weighted by molar-refractivity contribution is -0.127. The highest BCUT2D eigenvalue weighted by Gasteiger charge is 2.29. The minimum Gasteiger partial charge on any atom is -0.480 e. The predicted molar refractivity (Wildman–Crippen MR) is 166 cm³/mol. The molecule has 0 aliphatic heterocycles. The fraction of sp³-hybridized carbons (Fsp3) is 0.559. The van der Waals surface area contributed by atoms with E-state index in [-0.39, 0.29) is 22.4 Å². The Hall–Kier alpha value is -3.51. The second-order valence-corrected chi connectivity index (χ2v) is 12.1. The number of aryl methyl sites for hydroxylation is 1. The van der Waals surface area contributed by atoms with Crippen LogP contribution in [-0.4, -0.2) is 12.0 Å². The monoisotopic (exact) mass is 544 g/mol. The van der Waals surface area contributed by atoms with Gasteiger partial charge < -0.3 is 4.74 Å². The Kier molecular flexibility index (Phi) is 11.6. The Labute approximate surface area is 242 Å². The van der Waals surface area contributed by atoms with Crippen LogP contribution in [0.2, 0.25) is 0 Å². The molecule has 0 spiro atoms. The number of hydrogen-bond acceptors (Lipinski definition) is 3. The Morgan fingerprint density at radius 2 is 1.55 bits per heavy atom. The van der Waals surface area contributed by atoms with Gasteiger partial charge in [0.05, 0.1) is 13.1 Å². The van der Waals surface area contributed by atoms with E-state index >= 15 is 0 Å². The van der Waals surface area contributed by atoms with E-state index in [1.165, 1.54) is 5.56 Å². The van der Waals surface area contributed by atoms with Gasteiger partial charge in [-0.05, 0) is 72.1 Å². The lowest BCUT2D eigenvalue weighted by Gasteiger charge is -2.31. The number of nitrogens with zero attached hydrogens (tertiary/aromatic N) is 2. The smallest absolute Gasteiger partial charge is 0.279 e. The summed E-state index contributed by atoms with van der Waals surface area (Å²) in [7, 11) is 0. The number of nitrogens with one attached hydrogen (secondary N) is 2. The van der Waals surface area contributed by atoms with Crippen LogP contribution in [-0.2, 0) is 22.0 Å². The van der Waals surface area contributed by atoms with E-state index in [1.807, 2.05) is 13.0 Å². The second-order valence-electron chi connectivity index (χ2n) is 12.1. The van der Waals surface area contributed by atoms with Crippen molar-refractivity contribution in [2.75, 3.05) is 5.43 Å². The SMILES string of the molecule is [C-]#[N+]c1cc(CCC(C)CC)c(NNC(=O)C(CC)Oc2ccc(C(C)(C)CC)cc2C(C)(C)CC)cc1[N+]#[C-]. The van der Waals surface area contributed by atoms with Crippen LogP contribution in [0.15, 0.2) is 30.3 Å². The van der Waals surface area contributed by atoms with Crippen molar-refractivity contribution in [3.63, 3.8) is 0 Å². The lowest BCUT2D eigenvalue weighted by Crippen LogP contribution is -2.41. The molecule has 0 radical (unpaired) electrons. The summed E-state index contributed by atoms with van der Waals surface area (Å²) in [5.74, 6) is 0.982. The number of amides is 1. The molecule has 0 aliphatic carbocycles. The van der Waals surface area contributed by atoms with Crippen molar-refractivity contribution >= 4 is 23.0 Å². The standard InChI is InChI=1S/C34H48N4O2/c1-12-23(5)16-17-24-20-28(35-10)29(36-11)22-27(24)37-38-32(39)30(13-2)40-31-19-18-25(33(6,7)14-3)21-26(31)34(8,9)15-4/h18-23,30,37H,12-17H2,1-9H3,(H,38,39). The van der Waals surface area contributed by atoms with Gasteiger partial charge in [-0.15, -0.1) is 0 Å². The maximum Gasteiger partial charge on any atom is 0.279 e. The molecule has 1 amide bonds. The summed E-state index contributed by atoms with van der Waals surface area (Å²) in [6.45, 7) is 34.6. The quantitative estimate of drug-likeness (QED) is 0.184. The molecule has 2 N–H and O–H groups in total. The highest BCUT2D eigenvalue weighted by Crippen LogP contribution is 2.39. The Morgan fingerprint density at radius 1 is 0.925 bits per heavy atom. The molecule has 0 heterocycles. The molecule has 0 aliphatic rings. The van der Waals surface area contributed by atoms with Gasteiger partial charge >= 0.3 is 0 Å². The minimum atomic E-state index is -0.699. The van der Waals surface area contributed by atoms with Crippen molar-refractivity contribution in [1.29, 1.82) is 0 Å². The summed E-state index contributed by atoms with van der Waals surface area (Å²) in [6, 6.07) is 9.81. The lowest BCUT2D eigenvalue weighted by atomic mass is 9.76. The second kappa shape index (κ2) is 14.2. The zero-order valence-corrected chi connectivity index (χ0v) is 26.0. The summed E-state index contributed by atoms with van der Waals surface area (Å²) < 4.78 is 6.40. The highest BCUT2D eigenvalue weighted by molar-refractivity contribution is 5.84. The molecule has 40 heavy (non-hydrogen) atoms. The van der Waals surface area contributed by atoms with Gasteiger partial charge in [0, 0.05) is 11.3 Å². The van der Waals surface area contributed by atoms with Gasteiger partial charge in [0.1, 0.15) is 5.75 Å². The van der Waals surface area contributed by atoms with Crippen LogP contribution in [0, 0.1) is 19.1 Å². The fourth-order valence-corrected chi connectivity index (χ4v) is 4.39. The normalized spacial score (nSPS) is 13.1. The maximum absolute atomic E-state index is 13.3. The Balaban J connectivity index is 2.33. The van der Waals surface area contributed by atoms with Crippen LogP contribution in [0.1, 0.15) is 111 Å². The van der Waals surface area contributed by atoms with Gasteiger partial charge in [0.25, 0.3) is 5.91 Å². The summed E-state index contributed by atoms with van der Waals surface area (Å²) in [5, 5.41) is 0. The van der Waals surface area contributed by atoms with E-state index in [1.54, 1.807) is 12.1 Å². The summed E-state index contributed by atoms with van der Waals surface area (Å²) in [4.78, 5) is 20.4. The number of carbonyl (C=O) groups is 1. The third-order valence-corrected chi connectivity index (χ3v) is 8.56. The van der Waals surface area contributed by atoms with Crippen LogP contribution < -0.4 is 15.6 Å². The minimum absolute atomic E-state index is 0.0438. The zero-order valence-electron chi connectivity index (χ0n) is 26.0. The predicted octanol–water partition coefficient (Wildman–Crippen LogP) is 9.44. The first-order chi connectivity index (χ1) is 18.9. The van der Waals surface area contributed by atoms with E-state index in [4.69, 9.17) is 17.9 Å². The first kappa shape index (κ1) is 32.7. The number of ether oxygens (including phenoxy) is 1. The van der Waals surface area contributed by atoms with Crippen LogP contribution in [0.3, 0.4) is 0 Å². The number of hydrogen-bond donors (Lipinski definition) is 2. The van der Waals surface area contributed by atoms with E-state index in [9.17, 15) is 4.79 Å². The molecule has 0 bridgehead atoms. The van der Waals surface area contributed by atoms with Crippen LogP contribution in [0.5, 0.6) is 5.75 Å². The van der Waals surface area contributed by atoms with Crippen LogP contribution >= 0.6 is 0 Å². The first-order valence-corrected chi connectivity index (χ1v) is 14.7. The fourth-order valence-electron chi connectivity index (χ4n) is 4.39. The highest BCUT2D eigenvalue weighted by atomic mass is 16.5. The van der Waals surface area contributed by atoms with Crippen molar-refractivity contribution in [3.05, 3.63) is 69.9 Å². The molecule has 2 aromatic carbocycles. The third-order valence-electron chi connectivity index (χ3n) is 8.56. The molecule has 2 unspecified atom stereocenters. The molecule has 0 saturated carbocycles. The van der Waals surface area contributed by atoms with Gasteiger partial charge in [0.2, 0.25) is 0 Å². The number of benzene rings is 2. The first-order valence-electron chi connectivity index (χ1n) is 14.7. The molecule has 2 atom stereocenters. The molecule has 0 saturated heterocycles. The number of rotatable bonds is 14. The average molecular weight is 545 g/mol. The van der Waals surface area contributed by atoms with Gasteiger partial charge in [-0.2, -0.15) is 0 Å². The van der Waals surface area contributed by atoms with Gasteiger partial charge in [-0.1, -0.05) is 86.9 Å². The van der Waals surface area contributed by atoms with Crippen LogP contribution in [0.4, 0.5) is 17.1 Å². The molecular weight excluding hydrogens is 496 g/mol. The molecule has 0 fully saturated rings. The van der Waals surface area contributed by atoms with Gasteiger partial charge in [0.15, 0.2) is 17.5 Å². The van der Waals surface area contributed by atoms with E-state index < -0.39 is 6.10 Å². The molecule has 6 heteroatoms. The molecule has 2 rings (SSSR count). The van der Waals surface area contributed by atoms with Crippen molar-refractivity contribution in [2.24, 2.45) is 5.92 Å². The van der Waals surface area contributed by atoms with Crippen molar-refractivity contribution in [2.45, 2.75) is 118 Å². The van der Waals surface area contributed by atoms with Gasteiger partial charge in [-0.25, -0.2) is 0 Å². The number of anilines is 1. The molecule has 2 aromatic rings. The van der Waals surface area contributed by atoms with Gasteiger partial charge in [-0.3, -0.25) is 25.3 Å². The largest absolute Gasteiger partial charge is 0.480 e. The Bertz CT molecular complexity index is 1250. The van der Waals surface area contributed by atoms with Crippen LogP contribution in [0.25, 0.3) is 9.69 Å². The number of carbonyl (C=O) groups excluding carboxylic acids is 1. The van der Waals surface area contributed by atoms with E-state index in [2.05, 4.69) is 88.1 Å². The van der Waals surface area contributed by atoms with Crippen molar-refractivity contribution in [3.8, 4) is 5.75 Å². The topological polar surface area (TPSA) is 59.1 Å². The summed E-state index contributed by atoms with van der Waals surface area (Å²) in [6.07, 6.45) is 4.53. The molecule has 216 valence electrons. The zero-order chi connectivity index (χ0) is 30.1. The summed E-state index contributed by atoms with van der Waals surface area (Å²) in [5.41, 5.74) is 10.3. The molecule has 0 aromatic heterocycles. The van der Waals surface area contributed by atoms with Crippen molar-refractivity contribution < 1.29 is 9.53 Å². The van der Waals surface area contributed by atoms with Crippen molar-refractivity contribution in [1.82, 2.24) is 5.43 Å². The average Bonchev–Trinajstić information content (AvgIpc) is 2.96. The molecular formula is C34H48N4O2.